The molecular formula is C23H44O5P2. The van der Waals surface area contributed by atoms with Crippen molar-refractivity contribution in [3.8, 4) is 0 Å². The Balaban J connectivity index is 2.16. The molecule has 176 valence electrons. The summed E-state index contributed by atoms with van der Waals surface area (Å²) < 4.78 is 29.7. The Bertz CT molecular complexity index is 706. The molecule has 0 saturated heterocycles. The lowest BCUT2D eigenvalue weighted by Crippen LogP contribution is -2.41. The van der Waals surface area contributed by atoms with E-state index < -0.39 is 15.6 Å². The lowest BCUT2D eigenvalue weighted by Gasteiger charge is -2.43. The fourth-order valence-electron chi connectivity index (χ4n) is 6.06. The maximum absolute atomic E-state index is 11.2. The Kier molecular flexibility index (Phi) is 7.55. The van der Waals surface area contributed by atoms with Crippen molar-refractivity contribution < 1.29 is 23.0 Å². The topological polar surface area (TPSA) is 67.8 Å². The first-order valence-electron chi connectivity index (χ1n) is 11.3. The minimum atomic E-state index is -2.88. The molecule has 0 aromatic heterocycles. The molecule has 2 fully saturated rings. The molecular weight excluding hydrogens is 418 g/mol. The van der Waals surface area contributed by atoms with Crippen molar-refractivity contribution in [2.75, 3.05) is 13.3 Å². The summed E-state index contributed by atoms with van der Waals surface area (Å²) in [7, 11) is -5.20. The molecule has 0 N–H and O–H groups in total. The van der Waals surface area contributed by atoms with E-state index in [-0.39, 0.29) is 39.8 Å². The Labute approximate surface area is 185 Å². The number of rotatable bonds is 8. The highest BCUT2D eigenvalue weighted by molar-refractivity contribution is 7.63. The Morgan fingerprint density at radius 1 is 1.13 bits per heavy atom. The number of hydrogen-bond donors (Lipinski definition) is 0. The minimum absolute atomic E-state index is 0.0659. The van der Waals surface area contributed by atoms with Crippen LogP contribution in [0, 0.1) is 33.5 Å². The van der Waals surface area contributed by atoms with Gasteiger partial charge in [-0.25, -0.2) is 0 Å². The molecule has 0 heterocycles. The Hall–Kier alpha value is 0.240. The molecule has 0 radical (unpaired) electrons. The van der Waals surface area contributed by atoms with Gasteiger partial charge >= 0.3 is 8.25 Å². The zero-order chi connectivity index (χ0) is 23.3. The SMILES string of the molecule is C=P(C)(OC[C@@]1(C)C[C@@H](C)C(O[P+](=O)[O-])C1(C)C)O[C@@H]1C(C)(C)[C@H](C)C[C@]1(C)CC. The van der Waals surface area contributed by atoms with Crippen LogP contribution in [0.15, 0.2) is 0 Å². The lowest BCUT2D eigenvalue weighted by atomic mass is 9.69. The van der Waals surface area contributed by atoms with Gasteiger partial charge in [0.2, 0.25) is 0 Å². The molecule has 30 heavy (non-hydrogen) atoms. The van der Waals surface area contributed by atoms with Gasteiger partial charge in [0, 0.05) is 12.1 Å². The molecule has 0 amide bonds. The highest BCUT2D eigenvalue weighted by Crippen LogP contribution is 2.63. The van der Waals surface area contributed by atoms with Crippen LogP contribution in [0.5, 0.6) is 0 Å². The highest BCUT2D eigenvalue weighted by atomic mass is 31.2. The van der Waals surface area contributed by atoms with E-state index in [1.807, 2.05) is 6.66 Å². The van der Waals surface area contributed by atoms with Crippen molar-refractivity contribution in [1.82, 2.24) is 0 Å². The van der Waals surface area contributed by atoms with Gasteiger partial charge in [0.05, 0.1) is 12.7 Å². The smallest absolute Gasteiger partial charge is 0.488 e. The van der Waals surface area contributed by atoms with Crippen LogP contribution in [0.1, 0.15) is 81.6 Å². The number of hydrogen-bond acceptors (Lipinski definition) is 5. The largest absolute Gasteiger partial charge is 0.566 e. The van der Waals surface area contributed by atoms with Crippen LogP contribution in [0.4, 0.5) is 0 Å². The van der Waals surface area contributed by atoms with E-state index in [4.69, 9.17) is 13.6 Å². The van der Waals surface area contributed by atoms with E-state index in [2.05, 4.69) is 68.6 Å². The summed E-state index contributed by atoms with van der Waals surface area (Å²) in [6.45, 7) is 22.4. The maximum Gasteiger partial charge on any atom is 0.488 e. The van der Waals surface area contributed by atoms with Crippen molar-refractivity contribution in [2.45, 2.75) is 93.8 Å². The first-order valence-corrected chi connectivity index (χ1v) is 14.6. The van der Waals surface area contributed by atoms with Gasteiger partial charge in [0.15, 0.2) is 0 Å². The molecule has 0 aromatic carbocycles. The van der Waals surface area contributed by atoms with Crippen molar-refractivity contribution in [3.63, 3.8) is 0 Å². The lowest BCUT2D eigenvalue weighted by molar-refractivity contribution is -0.195. The molecule has 3 unspecified atom stereocenters. The van der Waals surface area contributed by atoms with Gasteiger partial charge in [-0.3, -0.25) is 0 Å². The normalized spacial score (nSPS) is 42.8. The van der Waals surface area contributed by atoms with Crippen LogP contribution in [-0.2, 0) is 18.1 Å². The van der Waals surface area contributed by atoms with Gasteiger partial charge < -0.3 is 13.9 Å². The zero-order valence-corrected chi connectivity index (χ0v) is 22.6. The fraction of sp³-hybridized carbons (Fsp3) is 0.957. The second kappa shape index (κ2) is 8.54. The van der Waals surface area contributed by atoms with Gasteiger partial charge in [-0.15, -0.1) is 4.52 Å². The summed E-state index contributed by atoms with van der Waals surface area (Å²) in [6.07, 6.45) is 7.20. The molecule has 0 spiro atoms. The van der Waals surface area contributed by atoms with Gasteiger partial charge in [-0.2, -0.15) is 0 Å². The van der Waals surface area contributed by atoms with Crippen LogP contribution >= 0.6 is 15.6 Å². The molecule has 0 bridgehead atoms. The van der Waals surface area contributed by atoms with E-state index in [1.54, 1.807) is 0 Å². The summed E-state index contributed by atoms with van der Waals surface area (Å²) in [5.41, 5.74) is -0.386. The third-order valence-electron chi connectivity index (χ3n) is 8.90. The Morgan fingerprint density at radius 2 is 1.70 bits per heavy atom. The van der Waals surface area contributed by atoms with Crippen LogP contribution in [0.2, 0.25) is 0 Å². The van der Waals surface area contributed by atoms with E-state index in [0.717, 1.165) is 19.3 Å². The summed E-state index contributed by atoms with van der Waals surface area (Å²) in [5.74, 6) is 0.710. The van der Waals surface area contributed by atoms with Gasteiger partial charge in [0.1, 0.15) is 13.4 Å². The second-order valence-corrected chi connectivity index (χ2v) is 15.1. The van der Waals surface area contributed by atoms with Crippen molar-refractivity contribution in [2.24, 2.45) is 33.5 Å². The van der Waals surface area contributed by atoms with Crippen LogP contribution < -0.4 is 4.89 Å². The first-order chi connectivity index (χ1) is 13.4. The van der Waals surface area contributed by atoms with Gasteiger partial charge in [-0.1, -0.05) is 68.6 Å². The predicted molar refractivity (Wildman–Crippen MR) is 125 cm³/mol. The van der Waals surface area contributed by atoms with Crippen molar-refractivity contribution in [3.05, 3.63) is 0 Å². The molecule has 2 saturated carbocycles. The first kappa shape index (κ1) is 26.5. The van der Waals surface area contributed by atoms with E-state index in [9.17, 15) is 9.46 Å². The van der Waals surface area contributed by atoms with Gasteiger partial charge in [0.25, 0.3) is 0 Å². The Morgan fingerprint density at radius 3 is 2.20 bits per heavy atom. The summed E-state index contributed by atoms with van der Waals surface area (Å²) >= 11 is 0. The zero-order valence-electron chi connectivity index (χ0n) is 20.8. The summed E-state index contributed by atoms with van der Waals surface area (Å²) in [4.78, 5) is 11.2. The third kappa shape index (κ3) is 4.78. The average Bonchev–Trinajstić information content (AvgIpc) is 2.87. The van der Waals surface area contributed by atoms with Crippen LogP contribution in [0.25, 0.3) is 0 Å². The van der Waals surface area contributed by atoms with Crippen LogP contribution in [-0.4, -0.2) is 31.8 Å². The fourth-order valence-corrected chi connectivity index (χ4v) is 8.31. The van der Waals surface area contributed by atoms with Crippen LogP contribution in [0.3, 0.4) is 0 Å². The molecule has 2 aliphatic rings. The van der Waals surface area contributed by atoms with E-state index in [1.165, 1.54) is 0 Å². The van der Waals surface area contributed by atoms with E-state index >= 15 is 0 Å². The molecule has 0 aliphatic heterocycles. The average molecular weight is 463 g/mol. The molecule has 8 atom stereocenters. The standard InChI is InChI=1S/C23H44O5P2/c1-12-22(8)14-17(3)20(4,5)19(22)28-30(10,11)26-15-23(9)13-16(2)18(21(23,6)7)27-29(24)25/h16-19H,10,12-15H2,1-9,11H3/t16-,17-,18?,19-,22+,23-,30?/m1/s1. The summed E-state index contributed by atoms with van der Waals surface area (Å²) in [5, 5.41) is 0. The minimum Gasteiger partial charge on any atom is -0.566 e. The quantitative estimate of drug-likeness (QED) is 0.399. The second-order valence-electron chi connectivity index (χ2n) is 11.9. The molecule has 5 nitrogen and oxygen atoms in total. The third-order valence-corrected chi connectivity index (χ3v) is 10.6. The van der Waals surface area contributed by atoms with Crippen molar-refractivity contribution in [1.29, 1.82) is 0 Å². The molecule has 2 rings (SSSR count). The van der Waals surface area contributed by atoms with Gasteiger partial charge in [-0.05, 0) is 51.9 Å². The highest BCUT2D eigenvalue weighted by Gasteiger charge is 2.59. The monoisotopic (exact) mass is 462 g/mol. The summed E-state index contributed by atoms with van der Waals surface area (Å²) in [6, 6.07) is 0. The van der Waals surface area contributed by atoms with Crippen molar-refractivity contribution >= 4 is 21.9 Å². The molecule has 2 aliphatic carbocycles. The van der Waals surface area contributed by atoms with E-state index in [0.29, 0.717) is 12.5 Å². The molecule has 0 aromatic rings. The molecule has 7 heteroatoms. The maximum atomic E-state index is 11.2. The predicted octanol–water partition coefficient (Wildman–Crippen LogP) is 6.26.